The van der Waals surface area contributed by atoms with Gasteiger partial charge >= 0.3 is 12.1 Å². The van der Waals surface area contributed by atoms with Gasteiger partial charge < -0.3 is 51.2 Å². The molecule has 9 atom stereocenters. The van der Waals surface area contributed by atoms with E-state index in [1.54, 1.807) is 58.9 Å². The van der Waals surface area contributed by atoms with Gasteiger partial charge in [0.15, 0.2) is 0 Å². The Kier molecular flexibility index (Phi) is 18.4. The molecular formula is C47H65ClN6O11. The van der Waals surface area contributed by atoms with Crippen LogP contribution < -0.4 is 36.6 Å². The van der Waals surface area contributed by atoms with Crippen LogP contribution in [0.15, 0.2) is 54.6 Å². The molecule has 65 heavy (non-hydrogen) atoms. The molecule has 3 unspecified atom stereocenters. The van der Waals surface area contributed by atoms with E-state index >= 15 is 0 Å². The molecule has 2 aromatic carbocycles. The average molecular weight is 926 g/mol. The van der Waals surface area contributed by atoms with Gasteiger partial charge in [0, 0.05) is 31.3 Å². The Morgan fingerprint density at radius 2 is 1.57 bits per heavy atom. The van der Waals surface area contributed by atoms with E-state index in [1.807, 2.05) is 45.0 Å². The summed E-state index contributed by atoms with van der Waals surface area (Å²) < 4.78 is 17.6. The lowest BCUT2D eigenvalue weighted by molar-refractivity contribution is -0.157. The molecule has 17 nitrogen and oxygen atoms in total. The highest BCUT2D eigenvalue weighted by molar-refractivity contribution is 6.32. The van der Waals surface area contributed by atoms with E-state index < -0.39 is 83.3 Å². The van der Waals surface area contributed by atoms with E-state index in [0.717, 1.165) is 11.1 Å². The number of methoxy groups -OCH3 is 1. The second-order valence-corrected chi connectivity index (χ2v) is 18.6. The number of carbonyl (C=O) groups excluding carboxylic acids is 6. The number of halogens is 1. The fourth-order valence-electron chi connectivity index (χ4n) is 7.34. The van der Waals surface area contributed by atoms with E-state index in [1.165, 1.54) is 20.1 Å². The smallest absolute Gasteiger partial charge is 0.405 e. The van der Waals surface area contributed by atoms with Crippen LogP contribution in [0.1, 0.15) is 97.9 Å². The minimum absolute atomic E-state index is 0.00698. The van der Waals surface area contributed by atoms with Crippen molar-refractivity contribution in [3.63, 3.8) is 0 Å². The molecular weight excluding hydrogens is 860 g/mol. The lowest BCUT2D eigenvalue weighted by Crippen LogP contribution is -2.58. The van der Waals surface area contributed by atoms with Crippen LogP contribution in [-0.4, -0.2) is 96.2 Å². The van der Waals surface area contributed by atoms with Crippen LogP contribution in [0.3, 0.4) is 0 Å². The molecule has 0 radical (unpaired) electrons. The Bertz CT molecular complexity index is 2080. The Morgan fingerprint density at radius 3 is 2.17 bits per heavy atom. The molecule has 7 N–H and O–H groups in total. The Hall–Kier alpha value is -5.68. The molecule has 1 fully saturated rings. The first-order chi connectivity index (χ1) is 30.5. The van der Waals surface area contributed by atoms with Crippen LogP contribution in [0, 0.1) is 23.2 Å². The van der Waals surface area contributed by atoms with Gasteiger partial charge in [-0.3, -0.25) is 24.0 Å². The summed E-state index contributed by atoms with van der Waals surface area (Å²) in [5, 5.41) is 25.5. The number of carboxylic acid groups (broad SMARTS) is 1. The van der Waals surface area contributed by atoms with Gasteiger partial charge in [0.1, 0.15) is 42.1 Å². The van der Waals surface area contributed by atoms with Crippen molar-refractivity contribution < 1.29 is 52.9 Å². The molecule has 4 rings (SSSR count). The number of epoxide rings is 1. The molecule has 2 aliphatic heterocycles. The summed E-state index contributed by atoms with van der Waals surface area (Å²) >= 11 is 6.38. The maximum Gasteiger partial charge on any atom is 0.405 e. The molecule has 2 aliphatic rings. The third kappa shape index (κ3) is 14.7. The lowest BCUT2D eigenvalue weighted by Gasteiger charge is -2.34. The summed E-state index contributed by atoms with van der Waals surface area (Å²) in [4.78, 5) is 91.7. The molecule has 0 aromatic heterocycles. The zero-order valence-corrected chi connectivity index (χ0v) is 39.5. The molecule has 1 saturated heterocycles. The SMILES string of the molecule is COc1ccc(C[C@H]2NC(=O)/C=C/C[C@@H]([C@H](C)C3OC3c3ccc(CNC(=O)[C@H](C)NC(=O)[C@@H](NC(=O)O)C(C)C)cc3)OC(=O)[C@H](CC(C)C)NC(=O)C(C)(C)C(C)NC2=O)cc1Cl. The van der Waals surface area contributed by atoms with E-state index in [2.05, 4.69) is 31.9 Å². The van der Waals surface area contributed by atoms with Crippen molar-refractivity contribution in [3.8, 4) is 5.75 Å². The second kappa shape index (κ2) is 23.0. The van der Waals surface area contributed by atoms with Crippen molar-refractivity contribution in [3.05, 3.63) is 76.3 Å². The number of carbonyl (C=O) groups is 7. The number of hydrogen-bond acceptors (Lipinski definition) is 10. The fraction of sp³-hybridized carbons (Fsp3) is 0.553. The van der Waals surface area contributed by atoms with Gasteiger partial charge in [0.2, 0.25) is 29.5 Å². The first-order valence-corrected chi connectivity index (χ1v) is 22.3. The van der Waals surface area contributed by atoms with Crippen LogP contribution >= 0.6 is 11.6 Å². The van der Waals surface area contributed by atoms with Crippen molar-refractivity contribution in [2.24, 2.45) is 23.2 Å². The van der Waals surface area contributed by atoms with Crippen LogP contribution in [0.25, 0.3) is 0 Å². The van der Waals surface area contributed by atoms with E-state index in [0.29, 0.717) is 22.8 Å². The number of ether oxygens (including phenoxy) is 3. The molecule has 18 heteroatoms. The van der Waals surface area contributed by atoms with Gasteiger partial charge in [0.25, 0.3) is 0 Å². The standard InChI is InChI=1S/C47H65ClN6O11/c1-24(2)20-34-44(59)64-35(12-11-13-37(55)52-33(22-30-16-19-36(63-10)32(48)21-30)42(57)51-28(7)47(8,9)45(60)53-34)26(5)39-40(65-39)31-17-14-29(15-18-31)23-49-41(56)27(6)50-43(58)38(25(3)4)54-46(61)62/h11,13-19,21,24-28,33-35,38-40,54H,12,20,22-23H2,1-10H3,(H,49,56)(H,50,58)(H,51,57)(H,52,55)(H,53,60)(H,61,62)/b13-11+/t26-,27-,28?,33+,34-,35-,38-,39?,40?/m0/s1. The molecule has 356 valence electrons. The monoisotopic (exact) mass is 924 g/mol. The zero-order valence-electron chi connectivity index (χ0n) is 38.8. The number of hydrogen-bond donors (Lipinski definition) is 7. The number of esters is 1. The first kappa shape index (κ1) is 51.9. The molecule has 2 aromatic rings. The minimum atomic E-state index is -1.34. The topological polar surface area (TPSA) is 243 Å². The van der Waals surface area contributed by atoms with Crippen molar-refractivity contribution in [1.29, 1.82) is 0 Å². The fourth-order valence-corrected chi connectivity index (χ4v) is 7.62. The highest BCUT2D eigenvalue weighted by atomic mass is 35.5. The predicted octanol–water partition coefficient (Wildman–Crippen LogP) is 4.50. The summed E-state index contributed by atoms with van der Waals surface area (Å²) in [5.74, 6) is -3.47. The maximum absolute atomic E-state index is 14.0. The van der Waals surface area contributed by atoms with Crippen LogP contribution in [0.2, 0.25) is 5.02 Å². The Morgan fingerprint density at radius 1 is 0.908 bits per heavy atom. The van der Waals surface area contributed by atoms with Gasteiger partial charge in [-0.15, -0.1) is 0 Å². The normalized spacial score (nSPS) is 24.6. The number of benzene rings is 2. The quantitative estimate of drug-likeness (QED) is 0.0969. The van der Waals surface area contributed by atoms with Crippen molar-refractivity contribution in [1.82, 2.24) is 31.9 Å². The van der Waals surface area contributed by atoms with Gasteiger partial charge in [-0.25, -0.2) is 9.59 Å². The van der Waals surface area contributed by atoms with Gasteiger partial charge in [-0.2, -0.15) is 0 Å². The van der Waals surface area contributed by atoms with E-state index in [-0.39, 0.29) is 49.3 Å². The number of nitrogens with one attached hydrogen (secondary N) is 6. The molecule has 2 heterocycles. The van der Waals surface area contributed by atoms with Gasteiger partial charge in [-0.1, -0.05) is 82.6 Å². The number of cyclic esters (lactones) is 1. The van der Waals surface area contributed by atoms with Crippen LogP contribution in [0.5, 0.6) is 5.75 Å². The summed E-state index contributed by atoms with van der Waals surface area (Å²) in [6.07, 6.45) is 0.551. The van der Waals surface area contributed by atoms with Crippen molar-refractivity contribution in [2.75, 3.05) is 7.11 Å². The molecule has 6 amide bonds. The predicted molar refractivity (Wildman–Crippen MR) is 243 cm³/mol. The summed E-state index contributed by atoms with van der Waals surface area (Å²) in [6, 6.07) is 7.78. The number of amides is 6. The Labute approximate surface area is 385 Å². The van der Waals surface area contributed by atoms with E-state index in [9.17, 15) is 33.6 Å². The highest BCUT2D eigenvalue weighted by Crippen LogP contribution is 2.45. The number of rotatable bonds is 15. The third-order valence-electron chi connectivity index (χ3n) is 11.9. The van der Waals surface area contributed by atoms with Gasteiger partial charge in [0.05, 0.1) is 23.7 Å². The van der Waals surface area contributed by atoms with Crippen LogP contribution in [0.4, 0.5) is 4.79 Å². The average Bonchev–Trinajstić information content (AvgIpc) is 4.04. The molecule has 0 saturated carbocycles. The van der Waals surface area contributed by atoms with Crippen molar-refractivity contribution >= 4 is 53.2 Å². The van der Waals surface area contributed by atoms with Gasteiger partial charge in [-0.05, 0) is 80.9 Å². The molecule has 0 bridgehead atoms. The minimum Gasteiger partial charge on any atom is -0.495 e. The Balaban J connectivity index is 1.50. The second-order valence-electron chi connectivity index (χ2n) is 18.2. The lowest BCUT2D eigenvalue weighted by atomic mass is 9.83. The highest BCUT2D eigenvalue weighted by Gasteiger charge is 2.48. The molecule has 0 spiro atoms. The van der Waals surface area contributed by atoms with E-state index in [4.69, 9.17) is 30.9 Å². The molecule has 0 aliphatic carbocycles. The largest absolute Gasteiger partial charge is 0.495 e. The summed E-state index contributed by atoms with van der Waals surface area (Å²) in [5.41, 5.74) is 1.09. The first-order valence-electron chi connectivity index (χ1n) is 21.9. The summed E-state index contributed by atoms with van der Waals surface area (Å²) in [7, 11) is 1.49. The zero-order chi connectivity index (χ0) is 48.3. The maximum atomic E-state index is 14.0. The van der Waals surface area contributed by atoms with Crippen molar-refractivity contribution in [2.45, 2.75) is 137 Å². The third-order valence-corrected chi connectivity index (χ3v) is 12.2. The van der Waals surface area contributed by atoms with Crippen LogP contribution in [-0.2, 0) is 51.2 Å². The summed E-state index contributed by atoms with van der Waals surface area (Å²) in [6.45, 7) is 15.8.